The van der Waals surface area contributed by atoms with E-state index in [4.69, 9.17) is 37.8 Å². The van der Waals surface area contributed by atoms with Gasteiger partial charge in [0.15, 0.2) is 11.8 Å². The molecule has 13 nitrogen and oxygen atoms in total. The minimum Gasteiger partial charge on any atom is -0.490 e. The summed E-state index contributed by atoms with van der Waals surface area (Å²) in [5.74, 6) is 0.359. The number of esters is 1. The second-order valence-corrected chi connectivity index (χ2v) is 10.5. The Morgan fingerprint density at radius 1 is 1.11 bits per heavy atom. The van der Waals surface area contributed by atoms with Gasteiger partial charge in [0.25, 0.3) is 5.91 Å². The lowest BCUT2D eigenvalue weighted by Gasteiger charge is -2.34. The Balaban J connectivity index is 1.34. The maximum atomic E-state index is 12.7. The molecule has 1 aliphatic rings. The number of nitrogens with two attached hydrogens (primary N) is 3. The molecule has 1 aromatic heterocycles. The van der Waals surface area contributed by atoms with E-state index in [0.717, 1.165) is 23.8 Å². The van der Waals surface area contributed by atoms with E-state index in [1.165, 1.54) is 30.0 Å². The highest BCUT2D eigenvalue weighted by Gasteiger charge is 2.69. The van der Waals surface area contributed by atoms with Gasteiger partial charge in [0, 0.05) is 6.20 Å². The molecule has 0 unspecified atom stereocenters. The summed E-state index contributed by atoms with van der Waals surface area (Å²) in [5, 5.41) is 22.1. The van der Waals surface area contributed by atoms with Crippen LogP contribution >= 0.6 is 0 Å². The van der Waals surface area contributed by atoms with Crippen molar-refractivity contribution in [2.24, 2.45) is 11.5 Å². The Labute approximate surface area is 253 Å². The maximum absolute atomic E-state index is 12.7. The molecule has 3 aromatic rings. The number of aryl methyl sites for hydroxylation is 1. The molecule has 1 aliphatic heterocycles. The summed E-state index contributed by atoms with van der Waals surface area (Å²) in [6, 6.07) is 16.8. The van der Waals surface area contributed by atoms with E-state index in [9.17, 15) is 24.6 Å². The van der Waals surface area contributed by atoms with Crippen LogP contribution in [0.2, 0.25) is 0 Å². The fourth-order valence-corrected chi connectivity index (χ4v) is 4.90. The number of carbonyl (C=O) groups is 2. The summed E-state index contributed by atoms with van der Waals surface area (Å²) in [7, 11) is 0. The van der Waals surface area contributed by atoms with Gasteiger partial charge in [-0.05, 0) is 55.0 Å². The third-order valence-corrected chi connectivity index (χ3v) is 7.45. The molecule has 2 heterocycles. The molecule has 44 heavy (non-hydrogen) atoms. The zero-order chi connectivity index (χ0) is 31.9. The van der Waals surface area contributed by atoms with Crippen molar-refractivity contribution in [3.63, 3.8) is 0 Å². The van der Waals surface area contributed by atoms with Crippen LogP contribution in [0, 0.1) is 12.3 Å². The van der Waals surface area contributed by atoms with Crippen LogP contribution in [0.25, 0.3) is 0 Å². The number of nitrogen functional groups attached to an aromatic ring is 1. The van der Waals surface area contributed by atoms with Gasteiger partial charge in [-0.3, -0.25) is 14.2 Å². The average Bonchev–Trinajstić information content (AvgIpc) is 3.24. The van der Waals surface area contributed by atoms with Crippen LogP contribution in [0.15, 0.2) is 71.7 Å². The first kappa shape index (κ1) is 32.2. The Morgan fingerprint density at radius 3 is 2.45 bits per heavy atom. The second kappa shape index (κ2) is 13.7. The molecule has 0 aliphatic carbocycles. The molecule has 0 radical (unpaired) electrons. The summed E-state index contributed by atoms with van der Waals surface area (Å²) in [6.45, 7) is -0.442. The SMILES string of the molecule is C#C[C@]1(O)[C@@H](O)[C@H](n2ccc(N)nc2=O)O[C@@]1(COc1ccc(C[C@H](N)C(=O)OCCCCc2ccccc2)cc1)C(N)=O. The van der Waals surface area contributed by atoms with Crippen molar-refractivity contribution in [2.75, 3.05) is 18.9 Å². The van der Waals surface area contributed by atoms with Gasteiger partial charge in [-0.1, -0.05) is 48.4 Å². The highest BCUT2D eigenvalue weighted by atomic mass is 16.6. The number of aliphatic hydroxyl groups excluding tert-OH is 1. The van der Waals surface area contributed by atoms with Gasteiger partial charge in [-0.2, -0.15) is 4.98 Å². The molecule has 4 rings (SSSR count). The first-order chi connectivity index (χ1) is 21.0. The van der Waals surface area contributed by atoms with Crippen molar-refractivity contribution in [3.8, 4) is 18.1 Å². The smallest absolute Gasteiger partial charge is 0.351 e. The van der Waals surface area contributed by atoms with Crippen LogP contribution in [0.5, 0.6) is 5.75 Å². The topological polar surface area (TPSA) is 215 Å². The number of primary amides is 1. The van der Waals surface area contributed by atoms with E-state index in [2.05, 4.69) is 17.1 Å². The van der Waals surface area contributed by atoms with Crippen LogP contribution in [0.1, 0.15) is 30.2 Å². The van der Waals surface area contributed by atoms with Gasteiger partial charge in [0.1, 0.15) is 30.3 Å². The predicted molar refractivity (Wildman–Crippen MR) is 159 cm³/mol. The third-order valence-electron chi connectivity index (χ3n) is 7.45. The maximum Gasteiger partial charge on any atom is 0.351 e. The van der Waals surface area contributed by atoms with Crippen molar-refractivity contribution in [1.82, 2.24) is 9.55 Å². The van der Waals surface area contributed by atoms with Gasteiger partial charge in [-0.25, -0.2) is 4.79 Å². The monoisotopic (exact) mass is 605 g/mol. The Kier molecular flexibility index (Phi) is 10.0. The molecule has 1 saturated heterocycles. The molecule has 13 heteroatoms. The molecule has 0 spiro atoms. The average molecular weight is 606 g/mol. The van der Waals surface area contributed by atoms with Gasteiger partial charge in [-0.15, -0.1) is 6.42 Å². The fourth-order valence-electron chi connectivity index (χ4n) is 4.90. The number of rotatable bonds is 13. The number of carbonyl (C=O) groups excluding carboxylic acids is 2. The molecule has 5 atom stereocenters. The van der Waals surface area contributed by atoms with Gasteiger partial charge in [0.05, 0.1) is 6.61 Å². The minimum atomic E-state index is -2.68. The number of aromatic nitrogens is 2. The van der Waals surface area contributed by atoms with Crippen molar-refractivity contribution in [2.45, 2.75) is 55.3 Å². The fraction of sp³-hybridized carbons (Fsp3) is 0.355. The van der Waals surface area contributed by atoms with Crippen LogP contribution < -0.4 is 27.6 Å². The molecule has 1 amide bonds. The Bertz CT molecular complexity index is 1560. The normalized spacial score (nSPS) is 23.4. The van der Waals surface area contributed by atoms with Gasteiger partial charge < -0.3 is 41.6 Å². The van der Waals surface area contributed by atoms with E-state index >= 15 is 0 Å². The zero-order valence-corrected chi connectivity index (χ0v) is 23.9. The first-order valence-corrected chi connectivity index (χ1v) is 13.9. The number of anilines is 1. The number of hydrogen-bond donors (Lipinski definition) is 5. The first-order valence-electron chi connectivity index (χ1n) is 13.9. The number of unbranched alkanes of at least 4 members (excludes halogenated alkanes) is 1. The van der Waals surface area contributed by atoms with Crippen LogP contribution in [-0.2, 0) is 31.9 Å². The molecule has 1 fully saturated rings. The van der Waals surface area contributed by atoms with Gasteiger partial charge in [0.2, 0.25) is 5.60 Å². The van der Waals surface area contributed by atoms with Crippen LogP contribution in [-0.4, -0.2) is 68.2 Å². The Hall–Kier alpha value is -4.74. The van der Waals surface area contributed by atoms with Crippen molar-refractivity contribution >= 4 is 17.7 Å². The molecule has 0 saturated carbocycles. The molecular weight excluding hydrogens is 570 g/mol. The zero-order valence-electron chi connectivity index (χ0n) is 23.9. The minimum absolute atomic E-state index is 0.0914. The number of nitrogens with zero attached hydrogens (tertiary/aromatic N) is 2. The Morgan fingerprint density at radius 2 is 1.82 bits per heavy atom. The lowest BCUT2D eigenvalue weighted by molar-refractivity contribution is -0.169. The number of hydrogen-bond acceptors (Lipinski definition) is 11. The standard InChI is InChI=1S/C31H35N5O8/c1-2-30(41)25(37)26(36-16-15-24(33)35-29(36)40)44-31(30,28(34)39)19-43-22-13-11-21(12-14-22)18-23(32)27(38)42-17-7-6-10-20-8-4-3-5-9-20/h1,3-5,8-9,11-16,23,25-26,37,41H,6-7,10,17-19,32H2,(H2,34,39)(H2,33,35,40)/t23-,25-,26+,30-,31-/m0/s1. The highest BCUT2D eigenvalue weighted by Crippen LogP contribution is 2.44. The number of amides is 1. The van der Waals surface area contributed by atoms with E-state index < -0.39 is 53.7 Å². The number of benzene rings is 2. The molecule has 2 aromatic carbocycles. The second-order valence-electron chi connectivity index (χ2n) is 10.5. The summed E-state index contributed by atoms with van der Waals surface area (Å²) in [5.41, 5.74) is 13.0. The molecule has 0 bridgehead atoms. The predicted octanol–water partition coefficient (Wildman–Crippen LogP) is -0.181. The molecular formula is C31H35N5O8. The number of aliphatic hydroxyl groups is 2. The van der Waals surface area contributed by atoms with Crippen LogP contribution in [0.4, 0.5) is 5.82 Å². The van der Waals surface area contributed by atoms with E-state index in [1.54, 1.807) is 12.1 Å². The van der Waals surface area contributed by atoms with E-state index in [-0.39, 0.29) is 24.6 Å². The third kappa shape index (κ3) is 6.74. The number of terminal acetylenes is 1. The van der Waals surface area contributed by atoms with Crippen molar-refractivity contribution in [1.29, 1.82) is 0 Å². The van der Waals surface area contributed by atoms with Crippen molar-refractivity contribution in [3.05, 3.63) is 88.5 Å². The lowest BCUT2D eigenvalue weighted by atomic mass is 9.81. The highest BCUT2D eigenvalue weighted by molar-refractivity contribution is 5.87. The largest absolute Gasteiger partial charge is 0.490 e. The summed E-state index contributed by atoms with van der Waals surface area (Å²) < 4.78 is 17.6. The van der Waals surface area contributed by atoms with E-state index in [1.807, 2.05) is 24.1 Å². The lowest BCUT2D eigenvalue weighted by Crippen LogP contribution is -2.65. The molecule has 8 N–H and O–H groups in total. The quantitative estimate of drug-likeness (QED) is 0.0978. The summed E-state index contributed by atoms with van der Waals surface area (Å²) in [4.78, 5) is 41.0. The molecule has 232 valence electrons. The van der Waals surface area contributed by atoms with Crippen molar-refractivity contribution < 1.29 is 34.0 Å². The van der Waals surface area contributed by atoms with E-state index in [0.29, 0.717) is 5.56 Å². The van der Waals surface area contributed by atoms with Gasteiger partial charge >= 0.3 is 11.7 Å². The van der Waals surface area contributed by atoms with Crippen LogP contribution in [0.3, 0.4) is 0 Å². The number of ether oxygens (including phenoxy) is 3. The summed E-state index contributed by atoms with van der Waals surface area (Å²) in [6.07, 6.45) is 5.78. The summed E-state index contributed by atoms with van der Waals surface area (Å²) >= 11 is 0.